The van der Waals surface area contributed by atoms with Gasteiger partial charge >= 0.3 is 0 Å². The first-order chi connectivity index (χ1) is 10.3. The molecule has 0 radical (unpaired) electrons. The van der Waals surface area contributed by atoms with Crippen LogP contribution in [-0.2, 0) is 0 Å². The second-order valence-corrected chi connectivity index (χ2v) is 6.95. The molecule has 4 heteroatoms. The van der Waals surface area contributed by atoms with E-state index in [1.807, 2.05) is 30.1 Å². The molecule has 2 aromatic rings. The molecule has 2 aliphatic rings. The average Bonchev–Trinajstić information content (AvgIpc) is 3.05. The van der Waals surface area contributed by atoms with Crippen LogP contribution in [0.3, 0.4) is 0 Å². The molecule has 0 N–H and O–H groups in total. The first-order valence-corrected chi connectivity index (χ1v) is 8.18. The Morgan fingerprint density at radius 1 is 1.10 bits per heavy atom. The molecule has 3 heterocycles. The Morgan fingerprint density at radius 2 is 1.90 bits per heavy atom. The molecule has 0 spiro atoms. The van der Waals surface area contributed by atoms with Gasteiger partial charge in [-0.25, -0.2) is 0 Å². The van der Waals surface area contributed by atoms with Crippen molar-refractivity contribution in [2.45, 2.75) is 24.3 Å². The van der Waals surface area contributed by atoms with E-state index in [1.165, 1.54) is 10.7 Å². The lowest BCUT2D eigenvalue weighted by molar-refractivity contribution is 0.321. The van der Waals surface area contributed by atoms with Crippen molar-refractivity contribution in [2.75, 3.05) is 6.54 Å². The van der Waals surface area contributed by atoms with Gasteiger partial charge in [0.2, 0.25) is 0 Å². The molecule has 0 aliphatic carbocycles. The molecule has 3 nitrogen and oxygen atoms in total. The smallest absolute Gasteiger partial charge is 0.160 e. The lowest BCUT2D eigenvalue weighted by Gasteiger charge is -2.27. The number of rotatable bonds is 2. The minimum atomic E-state index is 0.101. The minimum Gasteiger partial charge on any atom is -0.341 e. The van der Waals surface area contributed by atoms with E-state index < -0.39 is 0 Å². The number of hydrogen-bond acceptors (Lipinski definition) is 4. The van der Waals surface area contributed by atoms with E-state index in [9.17, 15) is 0 Å². The van der Waals surface area contributed by atoms with E-state index >= 15 is 0 Å². The quantitative estimate of drug-likeness (QED) is 0.846. The standard InChI is InChI=1S/C17H17N3S/c1-12-11-20-16(13-7-3-2-4-8-13)15(19-17(20)21-12)14-9-5-6-10-18-14/h2-10,12,15-16H,11H2,1H3/t12-,15+,16+/m1/s1. The topological polar surface area (TPSA) is 28.5 Å². The number of amidine groups is 1. The maximum absolute atomic E-state index is 4.97. The summed E-state index contributed by atoms with van der Waals surface area (Å²) in [6.45, 7) is 3.33. The van der Waals surface area contributed by atoms with Gasteiger partial charge in [0.25, 0.3) is 0 Å². The molecule has 106 valence electrons. The average molecular weight is 295 g/mol. The molecular formula is C17H17N3S. The van der Waals surface area contributed by atoms with Crippen molar-refractivity contribution in [3.05, 3.63) is 66.0 Å². The van der Waals surface area contributed by atoms with E-state index in [4.69, 9.17) is 4.99 Å². The first kappa shape index (κ1) is 12.9. The van der Waals surface area contributed by atoms with Crippen molar-refractivity contribution in [1.82, 2.24) is 9.88 Å². The van der Waals surface area contributed by atoms with Crippen LogP contribution in [0, 0.1) is 0 Å². The van der Waals surface area contributed by atoms with E-state index in [0.29, 0.717) is 5.25 Å². The second kappa shape index (κ2) is 5.19. The molecule has 0 saturated carbocycles. The third kappa shape index (κ3) is 2.23. The monoisotopic (exact) mass is 295 g/mol. The SMILES string of the molecule is C[C@@H]1CN2C(=N[C@@H](c3ccccn3)[C@@H]2c2ccccc2)S1. The second-order valence-electron chi connectivity index (χ2n) is 5.55. The van der Waals surface area contributed by atoms with Crippen molar-refractivity contribution < 1.29 is 0 Å². The summed E-state index contributed by atoms with van der Waals surface area (Å²) < 4.78 is 0. The Balaban J connectivity index is 1.77. The van der Waals surface area contributed by atoms with E-state index in [0.717, 1.165) is 12.2 Å². The molecule has 1 fully saturated rings. The number of aliphatic imine (C=N–C) groups is 1. The van der Waals surface area contributed by atoms with Crippen LogP contribution in [0.2, 0.25) is 0 Å². The van der Waals surface area contributed by atoms with Gasteiger partial charge in [0, 0.05) is 18.0 Å². The summed E-state index contributed by atoms with van der Waals surface area (Å²) in [6, 6.07) is 17.1. The Bertz CT molecular complexity index is 656. The minimum absolute atomic E-state index is 0.101. The van der Waals surface area contributed by atoms with Crippen molar-refractivity contribution >= 4 is 16.9 Å². The van der Waals surface area contributed by atoms with Crippen molar-refractivity contribution in [3.8, 4) is 0 Å². The predicted octanol–water partition coefficient (Wildman–Crippen LogP) is 3.67. The highest BCUT2D eigenvalue weighted by Crippen LogP contribution is 2.47. The van der Waals surface area contributed by atoms with Crippen LogP contribution < -0.4 is 0 Å². The van der Waals surface area contributed by atoms with E-state index in [-0.39, 0.29) is 12.1 Å². The highest BCUT2D eigenvalue weighted by molar-refractivity contribution is 8.14. The molecule has 0 amide bonds. The highest BCUT2D eigenvalue weighted by atomic mass is 32.2. The molecule has 0 bridgehead atoms. The van der Waals surface area contributed by atoms with Gasteiger partial charge in [-0.15, -0.1) is 0 Å². The number of benzene rings is 1. The fraction of sp³-hybridized carbons (Fsp3) is 0.294. The van der Waals surface area contributed by atoms with Gasteiger partial charge in [0.05, 0.1) is 11.7 Å². The maximum Gasteiger partial charge on any atom is 0.160 e. The van der Waals surface area contributed by atoms with Gasteiger partial charge < -0.3 is 4.90 Å². The zero-order valence-electron chi connectivity index (χ0n) is 11.9. The molecular weight excluding hydrogens is 278 g/mol. The predicted molar refractivity (Wildman–Crippen MR) is 87.4 cm³/mol. The molecule has 1 saturated heterocycles. The number of hydrogen-bond donors (Lipinski definition) is 0. The Labute approximate surface area is 129 Å². The maximum atomic E-state index is 4.97. The molecule has 3 atom stereocenters. The lowest BCUT2D eigenvalue weighted by Crippen LogP contribution is -2.28. The normalized spacial score (nSPS) is 27.6. The van der Waals surface area contributed by atoms with Gasteiger partial charge in [0.1, 0.15) is 6.04 Å². The van der Waals surface area contributed by atoms with Crippen LogP contribution in [0.25, 0.3) is 0 Å². The van der Waals surface area contributed by atoms with Gasteiger partial charge in [-0.05, 0) is 17.7 Å². The largest absolute Gasteiger partial charge is 0.341 e. The fourth-order valence-corrected chi connectivity index (χ4v) is 4.22. The van der Waals surface area contributed by atoms with Crippen LogP contribution in [0.5, 0.6) is 0 Å². The Hall–Kier alpha value is -1.81. The Kier molecular flexibility index (Phi) is 3.19. The summed E-state index contributed by atoms with van der Waals surface area (Å²) in [6.07, 6.45) is 1.86. The summed E-state index contributed by atoms with van der Waals surface area (Å²) in [5.74, 6) is 0. The highest BCUT2D eigenvalue weighted by Gasteiger charge is 2.43. The number of pyridine rings is 1. The van der Waals surface area contributed by atoms with E-state index in [1.54, 1.807) is 0 Å². The first-order valence-electron chi connectivity index (χ1n) is 7.30. The molecule has 1 aromatic carbocycles. The zero-order chi connectivity index (χ0) is 14.2. The molecule has 4 rings (SSSR count). The van der Waals surface area contributed by atoms with Crippen molar-refractivity contribution in [1.29, 1.82) is 0 Å². The number of thioether (sulfide) groups is 1. The third-order valence-corrected chi connectivity index (χ3v) is 5.12. The lowest BCUT2D eigenvalue weighted by atomic mass is 9.96. The molecule has 21 heavy (non-hydrogen) atoms. The Morgan fingerprint density at radius 3 is 2.67 bits per heavy atom. The van der Waals surface area contributed by atoms with Gasteiger partial charge in [-0.3, -0.25) is 9.98 Å². The van der Waals surface area contributed by atoms with E-state index in [2.05, 4.69) is 53.2 Å². The van der Waals surface area contributed by atoms with Crippen molar-refractivity contribution in [3.63, 3.8) is 0 Å². The van der Waals surface area contributed by atoms with Crippen molar-refractivity contribution in [2.24, 2.45) is 4.99 Å². The van der Waals surface area contributed by atoms with Gasteiger partial charge in [-0.1, -0.05) is 55.1 Å². The molecule has 0 unspecified atom stereocenters. The van der Waals surface area contributed by atoms with Crippen LogP contribution in [0.15, 0.2) is 59.7 Å². The van der Waals surface area contributed by atoms with Crippen LogP contribution in [0.4, 0.5) is 0 Å². The molecule has 2 aliphatic heterocycles. The number of nitrogens with zero attached hydrogens (tertiary/aromatic N) is 3. The molecule has 1 aromatic heterocycles. The van der Waals surface area contributed by atoms with Crippen LogP contribution in [0.1, 0.15) is 30.3 Å². The summed E-state index contributed by atoms with van der Waals surface area (Å²) in [5, 5.41) is 1.78. The summed E-state index contributed by atoms with van der Waals surface area (Å²) in [7, 11) is 0. The van der Waals surface area contributed by atoms with Crippen LogP contribution >= 0.6 is 11.8 Å². The summed E-state index contributed by atoms with van der Waals surface area (Å²) in [5.41, 5.74) is 2.38. The third-order valence-electron chi connectivity index (χ3n) is 4.02. The van der Waals surface area contributed by atoms with Gasteiger partial charge in [0.15, 0.2) is 5.17 Å². The van der Waals surface area contributed by atoms with Crippen LogP contribution in [-0.4, -0.2) is 26.8 Å². The van der Waals surface area contributed by atoms with Gasteiger partial charge in [-0.2, -0.15) is 0 Å². The number of aromatic nitrogens is 1. The zero-order valence-corrected chi connectivity index (χ0v) is 12.7. The summed E-state index contributed by atoms with van der Waals surface area (Å²) >= 11 is 1.88. The fourth-order valence-electron chi connectivity index (χ4n) is 3.13. The summed E-state index contributed by atoms with van der Waals surface area (Å²) in [4.78, 5) is 12.0. The number of fused-ring (bicyclic) bond motifs is 1.